The van der Waals surface area contributed by atoms with Crippen molar-refractivity contribution in [2.45, 2.75) is 20.3 Å². The molecule has 8 nitrogen and oxygen atoms in total. The van der Waals surface area contributed by atoms with Crippen molar-refractivity contribution in [1.82, 2.24) is 19.9 Å². The Hall–Kier alpha value is -1.67. The predicted molar refractivity (Wildman–Crippen MR) is 87.6 cm³/mol. The fourth-order valence-corrected chi connectivity index (χ4v) is 1.96. The quantitative estimate of drug-likeness (QED) is 0.500. The molecule has 0 bridgehead atoms. The van der Waals surface area contributed by atoms with Gasteiger partial charge in [-0.3, -0.25) is 5.43 Å². The van der Waals surface area contributed by atoms with E-state index in [1.54, 1.807) is 0 Å². The zero-order valence-corrected chi connectivity index (χ0v) is 13.8. The molecule has 0 aliphatic rings. The molecule has 0 aromatic carbocycles. The number of nitrogen functional groups attached to an aromatic ring is 1. The van der Waals surface area contributed by atoms with Gasteiger partial charge in [-0.15, -0.1) is 0 Å². The summed E-state index contributed by atoms with van der Waals surface area (Å²) in [6.45, 7) is 7.74. The maximum Gasteiger partial charge on any atom is 0.243 e. The van der Waals surface area contributed by atoms with Gasteiger partial charge in [0.2, 0.25) is 17.8 Å². The van der Waals surface area contributed by atoms with Crippen LogP contribution in [-0.2, 0) is 0 Å². The molecule has 1 aromatic heterocycles. The van der Waals surface area contributed by atoms with E-state index in [2.05, 4.69) is 58.1 Å². The van der Waals surface area contributed by atoms with Crippen LogP contribution in [0.3, 0.4) is 0 Å². The molecule has 1 aromatic rings. The van der Waals surface area contributed by atoms with Crippen LogP contribution in [0.5, 0.6) is 0 Å². The first-order valence-corrected chi connectivity index (χ1v) is 7.35. The Labute approximate surface area is 127 Å². The van der Waals surface area contributed by atoms with Crippen molar-refractivity contribution in [3.63, 3.8) is 0 Å². The summed E-state index contributed by atoms with van der Waals surface area (Å²) in [5.41, 5.74) is 2.52. The van der Waals surface area contributed by atoms with Gasteiger partial charge in [-0.05, 0) is 40.9 Å². The zero-order valence-electron chi connectivity index (χ0n) is 13.8. The maximum atomic E-state index is 5.46. The third-order valence-corrected chi connectivity index (χ3v) is 3.23. The van der Waals surface area contributed by atoms with Crippen LogP contribution < -0.4 is 21.1 Å². The average Bonchev–Trinajstić information content (AvgIpc) is 2.47. The zero-order chi connectivity index (χ0) is 15.8. The van der Waals surface area contributed by atoms with Crippen molar-refractivity contribution >= 4 is 17.8 Å². The molecule has 1 heterocycles. The molecule has 120 valence electrons. The van der Waals surface area contributed by atoms with Gasteiger partial charge in [-0.1, -0.05) is 0 Å². The van der Waals surface area contributed by atoms with Gasteiger partial charge in [0.05, 0.1) is 0 Å². The molecular formula is C13H28N8. The number of rotatable bonds is 9. The predicted octanol–water partition coefficient (Wildman–Crippen LogP) is 0.391. The summed E-state index contributed by atoms with van der Waals surface area (Å²) in [5.74, 6) is 7.14. The first kappa shape index (κ1) is 17.4. The van der Waals surface area contributed by atoms with Gasteiger partial charge in [0.1, 0.15) is 0 Å². The number of nitrogens with one attached hydrogen (secondary N) is 1. The molecule has 0 aliphatic heterocycles. The fraction of sp³-hybridized carbons (Fsp3) is 0.769. The molecule has 0 spiro atoms. The number of nitrogens with two attached hydrogens (primary N) is 1. The van der Waals surface area contributed by atoms with Crippen molar-refractivity contribution in [3.05, 3.63) is 0 Å². The molecule has 0 saturated carbocycles. The van der Waals surface area contributed by atoms with E-state index in [0.717, 1.165) is 32.6 Å². The van der Waals surface area contributed by atoms with Crippen LogP contribution in [0.15, 0.2) is 0 Å². The van der Waals surface area contributed by atoms with Crippen molar-refractivity contribution in [3.8, 4) is 0 Å². The third-order valence-electron chi connectivity index (χ3n) is 3.23. The normalized spacial score (nSPS) is 10.8. The highest BCUT2D eigenvalue weighted by Gasteiger charge is 2.13. The van der Waals surface area contributed by atoms with Crippen LogP contribution in [0.4, 0.5) is 17.8 Å². The Morgan fingerprint density at radius 1 is 0.952 bits per heavy atom. The molecule has 3 N–H and O–H groups in total. The van der Waals surface area contributed by atoms with Crippen molar-refractivity contribution in [2.24, 2.45) is 5.84 Å². The second-order valence-corrected chi connectivity index (χ2v) is 5.15. The van der Waals surface area contributed by atoms with E-state index in [9.17, 15) is 0 Å². The van der Waals surface area contributed by atoms with Gasteiger partial charge >= 0.3 is 0 Å². The summed E-state index contributed by atoms with van der Waals surface area (Å²) in [4.78, 5) is 19.4. The van der Waals surface area contributed by atoms with E-state index in [1.807, 2.05) is 11.9 Å². The first-order chi connectivity index (χ1) is 10.0. The van der Waals surface area contributed by atoms with E-state index < -0.39 is 0 Å². The number of nitrogens with zero attached hydrogens (tertiary/aromatic N) is 6. The molecule has 0 unspecified atom stereocenters. The van der Waals surface area contributed by atoms with Crippen molar-refractivity contribution in [1.29, 1.82) is 0 Å². The van der Waals surface area contributed by atoms with Crippen LogP contribution in [0, 0.1) is 0 Å². The van der Waals surface area contributed by atoms with Crippen LogP contribution in [0.1, 0.15) is 20.3 Å². The van der Waals surface area contributed by atoms with E-state index in [-0.39, 0.29) is 0 Å². The standard InChI is InChI=1S/C13H28N8/c1-6-21(7-2)13-16-11(18-14)15-12(17-13)20(5)10-8-9-19(3)4/h6-10,14H2,1-5H3,(H,15,16,17,18). The molecule has 0 saturated heterocycles. The highest BCUT2D eigenvalue weighted by Crippen LogP contribution is 2.15. The minimum Gasteiger partial charge on any atom is -0.344 e. The minimum absolute atomic E-state index is 0.390. The Balaban J connectivity index is 2.87. The Morgan fingerprint density at radius 2 is 1.57 bits per heavy atom. The average molecular weight is 296 g/mol. The van der Waals surface area contributed by atoms with Crippen LogP contribution in [0.2, 0.25) is 0 Å². The molecule has 8 heteroatoms. The first-order valence-electron chi connectivity index (χ1n) is 7.35. The summed E-state index contributed by atoms with van der Waals surface area (Å²) in [6.07, 6.45) is 1.04. The molecule has 0 amide bonds. The van der Waals surface area contributed by atoms with Crippen LogP contribution in [-0.4, -0.2) is 67.2 Å². The Kier molecular flexibility index (Phi) is 7.10. The maximum absolute atomic E-state index is 5.46. The largest absolute Gasteiger partial charge is 0.344 e. The summed E-state index contributed by atoms with van der Waals surface area (Å²) >= 11 is 0. The minimum atomic E-state index is 0.390. The lowest BCUT2D eigenvalue weighted by Crippen LogP contribution is -2.29. The van der Waals surface area contributed by atoms with E-state index >= 15 is 0 Å². The second kappa shape index (κ2) is 8.58. The van der Waals surface area contributed by atoms with Crippen LogP contribution >= 0.6 is 0 Å². The van der Waals surface area contributed by atoms with E-state index in [4.69, 9.17) is 5.84 Å². The summed E-state index contributed by atoms with van der Waals surface area (Å²) in [6, 6.07) is 0. The highest BCUT2D eigenvalue weighted by molar-refractivity contribution is 5.44. The summed E-state index contributed by atoms with van der Waals surface area (Å²) in [7, 11) is 6.12. The number of hydrazine groups is 1. The fourth-order valence-electron chi connectivity index (χ4n) is 1.96. The third kappa shape index (κ3) is 5.31. The molecule has 1 rings (SSSR count). The number of hydrogen-bond acceptors (Lipinski definition) is 8. The van der Waals surface area contributed by atoms with Gasteiger partial charge in [0, 0.05) is 26.7 Å². The number of anilines is 3. The van der Waals surface area contributed by atoms with Gasteiger partial charge in [-0.2, -0.15) is 15.0 Å². The lowest BCUT2D eigenvalue weighted by molar-refractivity contribution is 0.401. The van der Waals surface area contributed by atoms with Gasteiger partial charge < -0.3 is 14.7 Å². The Morgan fingerprint density at radius 3 is 2.10 bits per heavy atom. The number of hydrogen-bond donors (Lipinski definition) is 2. The SMILES string of the molecule is CCN(CC)c1nc(NN)nc(N(C)CCCN(C)C)n1. The second-order valence-electron chi connectivity index (χ2n) is 5.15. The van der Waals surface area contributed by atoms with Crippen molar-refractivity contribution in [2.75, 3.05) is 62.5 Å². The summed E-state index contributed by atoms with van der Waals surface area (Å²) in [5, 5.41) is 0. The van der Waals surface area contributed by atoms with Crippen LogP contribution in [0.25, 0.3) is 0 Å². The monoisotopic (exact) mass is 296 g/mol. The molecular weight excluding hydrogens is 268 g/mol. The smallest absolute Gasteiger partial charge is 0.243 e. The lowest BCUT2D eigenvalue weighted by atomic mass is 10.4. The molecule has 0 radical (unpaired) electrons. The lowest BCUT2D eigenvalue weighted by Gasteiger charge is -2.22. The van der Waals surface area contributed by atoms with E-state index in [1.165, 1.54) is 0 Å². The Bertz CT molecular complexity index is 419. The van der Waals surface area contributed by atoms with Crippen molar-refractivity contribution < 1.29 is 0 Å². The van der Waals surface area contributed by atoms with Gasteiger partial charge in [0.25, 0.3) is 0 Å². The summed E-state index contributed by atoms with van der Waals surface area (Å²) < 4.78 is 0. The highest BCUT2D eigenvalue weighted by atomic mass is 15.4. The molecule has 0 atom stereocenters. The molecule has 21 heavy (non-hydrogen) atoms. The topological polar surface area (TPSA) is 86.4 Å². The van der Waals surface area contributed by atoms with Gasteiger partial charge in [-0.25, -0.2) is 5.84 Å². The molecule has 0 aliphatic carbocycles. The van der Waals surface area contributed by atoms with E-state index in [0.29, 0.717) is 17.8 Å². The molecule has 0 fully saturated rings. The van der Waals surface area contributed by atoms with Gasteiger partial charge in [0.15, 0.2) is 0 Å². The number of aromatic nitrogens is 3.